The fraction of sp³-hybridized carbons (Fsp3) is 0.111. The van der Waals surface area contributed by atoms with E-state index in [-0.39, 0.29) is 11.6 Å². The monoisotopic (exact) mass is 387 g/mol. The smallest absolute Gasteiger partial charge is 0.363 e. The van der Waals surface area contributed by atoms with Crippen LogP contribution >= 0.6 is 15.9 Å². The van der Waals surface area contributed by atoms with Gasteiger partial charge in [0.2, 0.25) is 5.90 Å². The number of carbonyl (C=O) groups excluding carboxylic acids is 1. The standard InChI is InChI=1S/C18H14BrNO4/c1-22-14-6-7-16(23-2)12(9-14)10-15-18(21)24-17(20-15)11-4-3-5-13(19)8-11/h3-10H,1-2H3. The molecule has 24 heavy (non-hydrogen) atoms. The molecule has 0 saturated heterocycles. The second kappa shape index (κ2) is 6.88. The minimum Gasteiger partial charge on any atom is -0.497 e. The first kappa shape index (κ1) is 16.3. The Morgan fingerprint density at radius 3 is 2.67 bits per heavy atom. The van der Waals surface area contributed by atoms with Gasteiger partial charge in [-0.15, -0.1) is 0 Å². The minimum absolute atomic E-state index is 0.205. The topological polar surface area (TPSA) is 57.1 Å². The van der Waals surface area contributed by atoms with Crippen molar-refractivity contribution in [3.8, 4) is 11.5 Å². The summed E-state index contributed by atoms with van der Waals surface area (Å²) in [5.74, 6) is 1.04. The third-order valence-corrected chi connectivity index (χ3v) is 3.91. The zero-order chi connectivity index (χ0) is 17.1. The Morgan fingerprint density at radius 1 is 1.12 bits per heavy atom. The predicted molar refractivity (Wildman–Crippen MR) is 94.3 cm³/mol. The largest absolute Gasteiger partial charge is 0.497 e. The molecule has 1 aliphatic rings. The summed E-state index contributed by atoms with van der Waals surface area (Å²) in [6.45, 7) is 0. The van der Waals surface area contributed by atoms with Crippen LogP contribution in [0.15, 0.2) is 57.6 Å². The number of nitrogens with zero attached hydrogens (tertiary/aromatic N) is 1. The molecule has 122 valence electrons. The fourth-order valence-corrected chi connectivity index (χ4v) is 2.65. The minimum atomic E-state index is -0.505. The van der Waals surface area contributed by atoms with Crippen LogP contribution in [0.1, 0.15) is 11.1 Å². The van der Waals surface area contributed by atoms with Crippen molar-refractivity contribution in [2.75, 3.05) is 14.2 Å². The molecular weight excluding hydrogens is 374 g/mol. The summed E-state index contributed by atoms with van der Waals surface area (Å²) in [7, 11) is 3.14. The number of esters is 1. The molecule has 0 fully saturated rings. The van der Waals surface area contributed by atoms with E-state index in [0.29, 0.717) is 17.1 Å². The van der Waals surface area contributed by atoms with E-state index < -0.39 is 5.97 Å². The maximum Gasteiger partial charge on any atom is 0.363 e. The second-order valence-electron chi connectivity index (χ2n) is 4.95. The number of benzene rings is 2. The quantitative estimate of drug-likeness (QED) is 0.591. The highest BCUT2D eigenvalue weighted by Crippen LogP contribution is 2.28. The summed E-state index contributed by atoms with van der Waals surface area (Å²) >= 11 is 3.39. The number of aliphatic imine (C=N–C) groups is 1. The highest BCUT2D eigenvalue weighted by Gasteiger charge is 2.24. The molecule has 0 saturated carbocycles. The van der Waals surface area contributed by atoms with E-state index in [1.807, 2.05) is 24.3 Å². The Kier molecular flexibility index (Phi) is 4.66. The number of hydrogen-bond donors (Lipinski definition) is 0. The Bertz CT molecular complexity index is 858. The molecule has 3 rings (SSSR count). The summed E-state index contributed by atoms with van der Waals surface area (Å²) in [6.07, 6.45) is 1.62. The molecule has 0 atom stereocenters. The molecule has 0 bridgehead atoms. The molecule has 0 spiro atoms. The van der Waals surface area contributed by atoms with Crippen LogP contribution in [0, 0.1) is 0 Å². The van der Waals surface area contributed by atoms with Gasteiger partial charge >= 0.3 is 5.97 Å². The molecule has 0 aromatic heterocycles. The van der Waals surface area contributed by atoms with Gasteiger partial charge in [0.25, 0.3) is 0 Å². The molecule has 1 aliphatic heterocycles. The van der Waals surface area contributed by atoms with Crippen molar-refractivity contribution in [2.45, 2.75) is 0 Å². The Morgan fingerprint density at radius 2 is 1.96 bits per heavy atom. The molecule has 1 heterocycles. The number of cyclic esters (lactones) is 1. The molecule has 0 unspecified atom stereocenters. The van der Waals surface area contributed by atoms with Crippen molar-refractivity contribution < 1.29 is 19.0 Å². The van der Waals surface area contributed by atoms with Crippen LogP contribution in [0.5, 0.6) is 11.5 Å². The average Bonchev–Trinajstić information content (AvgIpc) is 2.95. The van der Waals surface area contributed by atoms with E-state index in [9.17, 15) is 4.79 Å². The van der Waals surface area contributed by atoms with Gasteiger partial charge in [-0.3, -0.25) is 0 Å². The number of hydrogen-bond acceptors (Lipinski definition) is 5. The van der Waals surface area contributed by atoms with Crippen LogP contribution < -0.4 is 9.47 Å². The Balaban J connectivity index is 2.00. The fourth-order valence-electron chi connectivity index (χ4n) is 2.25. The summed E-state index contributed by atoms with van der Waals surface area (Å²) in [5.41, 5.74) is 1.61. The van der Waals surface area contributed by atoms with Crippen molar-refractivity contribution in [1.29, 1.82) is 0 Å². The van der Waals surface area contributed by atoms with Crippen molar-refractivity contribution in [1.82, 2.24) is 0 Å². The van der Waals surface area contributed by atoms with E-state index in [2.05, 4.69) is 20.9 Å². The molecule has 6 heteroatoms. The van der Waals surface area contributed by atoms with Gasteiger partial charge in [0.15, 0.2) is 5.70 Å². The highest BCUT2D eigenvalue weighted by atomic mass is 79.9. The van der Waals surface area contributed by atoms with Gasteiger partial charge < -0.3 is 14.2 Å². The van der Waals surface area contributed by atoms with Gasteiger partial charge in [-0.2, -0.15) is 0 Å². The van der Waals surface area contributed by atoms with Gasteiger partial charge in [0.1, 0.15) is 11.5 Å². The predicted octanol–water partition coefficient (Wildman–Crippen LogP) is 3.81. The molecule has 2 aromatic rings. The van der Waals surface area contributed by atoms with E-state index in [0.717, 1.165) is 10.0 Å². The average molecular weight is 388 g/mol. The highest BCUT2D eigenvalue weighted by molar-refractivity contribution is 9.10. The molecule has 2 aromatic carbocycles. The lowest BCUT2D eigenvalue weighted by molar-refractivity contribution is -0.129. The first-order chi connectivity index (χ1) is 11.6. The maximum atomic E-state index is 12.1. The lowest BCUT2D eigenvalue weighted by atomic mass is 10.1. The van der Waals surface area contributed by atoms with E-state index in [1.165, 1.54) is 0 Å². The van der Waals surface area contributed by atoms with Gasteiger partial charge in [-0.1, -0.05) is 22.0 Å². The SMILES string of the molecule is COc1ccc(OC)c(C=C2N=C(c3cccc(Br)c3)OC2=O)c1. The van der Waals surface area contributed by atoms with Crippen LogP contribution in [0.3, 0.4) is 0 Å². The Labute approximate surface area is 147 Å². The van der Waals surface area contributed by atoms with Crippen LogP contribution in [-0.2, 0) is 9.53 Å². The van der Waals surface area contributed by atoms with E-state index in [1.54, 1.807) is 38.5 Å². The maximum absolute atomic E-state index is 12.1. The zero-order valence-corrected chi connectivity index (χ0v) is 14.7. The number of ether oxygens (including phenoxy) is 3. The summed E-state index contributed by atoms with van der Waals surface area (Å²) in [5, 5.41) is 0. The molecule has 0 N–H and O–H groups in total. The lowest BCUT2D eigenvalue weighted by Gasteiger charge is -2.07. The zero-order valence-electron chi connectivity index (χ0n) is 13.1. The van der Waals surface area contributed by atoms with Gasteiger partial charge in [-0.05, 0) is 42.5 Å². The number of methoxy groups -OCH3 is 2. The van der Waals surface area contributed by atoms with Crippen LogP contribution in [-0.4, -0.2) is 26.1 Å². The summed E-state index contributed by atoms with van der Waals surface area (Å²) in [4.78, 5) is 16.4. The lowest BCUT2D eigenvalue weighted by Crippen LogP contribution is -2.05. The van der Waals surface area contributed by atoms with Crippen LogP contribution in [0.2, 0.25) is 0 Å². The van der Waals surface area contributed by atoms with E-state index >= 15 is 0 Å². The molecule has 0 amide bonds. The van der Waals surface area contributed by atoms with Crippen LogP contribution in [0.25, 0.3) is 6.08 Å². The second-order valence-corrected chi connectivity index (χ2v) is 5.87. The summed E-state index contributed by atoms with van der Waals surface area (Å²) in [6, 6.07) is 12.7. The van der Waals surface area contributed by atoms with Crippen molar-refractivity contribution in [2.24, 2.45) is 4.99 Å². The first-order valence-electron chi connectivity index (χ1n) is 7.11. The van der Waals surface area contributed by atoms with Crippen molar-refractivity contribution in [3.05, 3.63) is 63.8 Å². The summed E-state index contributed by atoms with van der Waals surface area (Å²) < 4.78 is 16.7. The van der Waals surface area contributed by atoms with Gasteiger partial charge in [0.05, 0.1) is 14.2 Å². The van der Waals surface area contributed by atoms with E-state index in [4.69, 9.17) is 14.2 Å². The van der Waals surface area contributed by atoms with Crippen molar-refractivity contribution >= 4 is 33.9 Å². The molecule has 5 nitrogen and oxygen atoms in total. The number of halogens is 1. The third-order valence-electron chi connectivity index (χ3n) is 3.42. The number of rotatable bonds is 4. The van der Waals surface area contributed by atoms with Gasteiger partial charge in [-0.25, -0.2) is 9.79 Å². The molecular formula is C18H14BrNO4. The van der Waals surface area contributed by atoms with Gasteiger partial charge in [0, 0.05) is 15.6 Å². The first-order valence-corrected chi connectivity index (χ1v) is 7.90. The Hall–Kier alpha value is -2.60. The normalized spacial score (nSPS) is 15.2. The van der Waals surface area contributed by atoms with Crippen molar-refractivity contribution in [3.63, 3.8) is 0 Å². The van der Waals surface area contributed by atoms with Crippen LogP contribution in [0.4, 0.5) is 0 Å². The number of carbonyl (C=O) groups is 1. The third kappa shape index (κ3) is 3.33. The molecule has 0 radical (unpaired) electrons. The molecule has 0 aliphatic carbocycles.